The van der Waals surface area contributed by atoms with Gasteiger partial charge in [0.25, 0.3) is 5.91 Å². The molecule has 13 heteroatoms. The Labute approximate surface area is 259 Å². The highest BCUT2D eigenvalue weighted by molar-refractivity contribution is 6.17. The summed E-state index contributed by atoms with van der Waals surface area (Å²) < 4.78 is 39.4. The lowest BCUT2D eigenvalue weighted by atomic mass is 9.97. The summed E-state index contributed by atoms with van der Waals surface area (Å²) in [5, 5.41) is 17.8. The number of rotatable bonds is 6. The van der Waals surface area contributed by atoms with E-state index < -0.39 is 17.7 Å². The summed E-state index contributed by atoms with van der Waals surface area (Å²) in [5.41, 5.74) is 7.73. The summed E-state index contributed by atoms with van der Waals surface area (Å²) in [6, 6.07) is 5.84. The van der Waals surface area contributed by atoms with Gasteiger partial charge in [-0.05, 0) is 58.0 Å². The summed E-state index contributed by atoms with van der Waals surface area (Å²) in [7, 11) is 0. The molecule has 1 saturated heterocycles. The number of amides is 2. The van der Waals surface area contributed by atoms with Crippen molar-refractivity contribution >= 4 is 41.8 Å². The molecule has 1 aromatic heterocycles. The number of hydrogen-bond acceptors (Lipinski definition) is 8. The number of hydrogen-bond donors (Lipinski definition) is 5. The number of nitrogen functional groups attached to an aromatic ring is 1. The maximum atomic E-state index is 13.1. The first-order valence-electron chi connectivity index (χ1n) is 14.6. The van der Waals surface area contributed by atoms with E-state index in [-0.39, 0.29) is 40.9 Å². The van der Waals surface area contributed by atoms with Gasteiger partial charge < -0.3 is 21.7 Å². The van der Waals surface area contributed by atoms with E-state index in [1.807, 2.05) is 19.1 Å². The van der Waals surface area contributed by atoms with Gasteiger partial charge in [0.2, 0.25) is 5.91 Å². The number of nitrogens with one attached hydrogen (secondary N) is 4. The molecule has 2 amide bonds. The molecule has 2 atom stereocenters. The molecule has 6 N–H and O–H groups in total. The molecule has 2 aliphatic rings. The van der Waals surface area contributed by atoms with Gasteiger partial charge in [-0.25, -0.2) is 9.98 Å². The molecule has 0 radical (unpaired) electrons. The Morgan fingerprint density at radius 3 is 2.56 bits per heavy atom. The standard InChI is InChI=1S/C32H37F3N8O2/c1-4-23(32(33,34)35)17-25(38-3)42-30(44)21-10-8-20(9-11-21)27(36)26-28-22(18-40-29(26)37)7-5-6-15-43-16-13-24(43)31(45)41-19(2)12-14-39-28/h4-5,7-11,17-19,24,36,39H,3,6,12-16H2,1-2H3,(H2,37,40)(H,41,45)(H,42,44)/b7-5+,23-4+,25-17+,36-27?/t19?,24-/m0/s1. The fourth-order valence-electron chi connectivity index (χ4n) is 5.11. The Balaban J connectivity index is 1.57. The van der Waals surface area contributed by atoms with Crippen LogP contribution in [0, 0.1) is 5.41 Å². The number of pyridine rings is 1. The molecule has 4 rings (SSSR count). The van der Waals surface area contributed by atoms with E-state index in [1.54, 1.807) is 18.3 Å². The van der Waals surface area contributed by atoms with Crippen LogP contribution in [0.4, 0.5) is 24.7 Å². The first-order valence-corrected chi connectivity index (χ1v) is 14.6. The van der Waals surface area contributed by atoms with Crippen LogP contribution in [0.1, 0.15) is 60.2 Å². The van der Waals surface area contributed by atoms with Crippen molar-refractivity contribution in [1.29, 1.82) is 5.41 Å². The number of anilines is 2. The zero-order valence-electron chi connectivity index (χ0n) is 25.2. The molecule has 10 nitrogen and oxygen atoms in total. The number of aromatic nitrogens is 1. The van der Waals surface area contributed by atoms with Crippen LogP contribution in [0.5, 0.6) is 0 Å². The summed E-state index contributed by atoms with van der Waals surface area (Å²) in [6.07, 6.45) is 4.75. The molecule has 1 unspecified atom stereocenters. The predicted molar refractivity (Wildman–Crippen MR) is 170 cm³/mol. The maximum absolute atomic E-state index is 13.1. The highest BCUT2D eigenvalue weighted by Crippen LogP contribution is 2.30. The molecular formula is C32H37F3N8O2. The number of halogens is 3. The van der Waals surface area contributed by atoms with Crippen LogP contribution in [0.2, 0.25) is 0 Å². The number of benzene rings is 1. The fourth-order valence-corrected chi connectivity index (χ4v) is 5.11. The van der Waals surface area contributed by atoms with Gasteiger partial charge in [-0.15, -0.1) is 0 Å². The van der Waals surface area contributed by atoms with Gasteiger partial charge in [0.05, 0.1) is 28.6 Å². The first kappa shape index (κ1) is 33.1. The van der Waals surface area contributed by atoms with Gasteiger partial charge in [-0.1, -0.05) is 30.4 Å². The fraction of sp³-hybridized carbons (Fsp3) is 0.344. The summed E-state index contributed by atoms with van der Waals surface area (Å²) in [4.78, 5) is 35.5. The van der Waals surface area contributed by atoms with Crippen molar-refractivity contribution in [2.45, 2.75) is 51.4 Å². The number of allylic oxidation sites excluding steroid dienone is 3. The predicted octanol–water partition coefficient (Wildman–Crippen LogP) is 4.66. The quantitative estimate of drug-likeness (QED) is 0.234. The van der Waals surface area contributed by atoms with Gasteiger partial charge >= 0.3 is 6.18 Å². The first-order chi connectivity index (χ1) is 21.4. The number of nitrogens with zero attached hydrogens (tertiary/aromatic N) is 3. The SMILES string of the molecule is C=N/C(=C\C(=C/C)C(F)(F)F)NC(=O)c1ccc(C(=N)c2c(N)ncc3c2NCCC(C)NC(=O)[C@@H]2CCN2CC/C=C/3)cc1. The van der Waals surface area contributed by atoms with Crippen molar-refractivity contribution in [3.05, 3.63) is 82.3 Å². The minimum Gasteiger partial charge on any atom is -0.384 e. The van der Waals surface area contributed by atoms with Gasteiger partial charge in [-0.3, -0.25) is 19.9 Å². The summed E-state index contributed by atoms with van der Waals surface area (Å²) in [6.45, 7) is 8.56. The Morgan fingerprint density at radius 1 is 1.22 bits per heavy atom. The molecule has 45 heavy (non-hydrogen) atoms. The van der Waals surface area contributed by atoms with E-state index in [1.165, 1.54) is 19.1 Å². The molecule has 2 aliphatic heterocycles. The van der Waals surface area contributed by atoms with Crippen LogP contribution >= 0.6 is 0 Å². The number of fused-ring (bicyclic) bond motifs is 2. The topological polar surface area (TPSA) is 149 Å². The van der Waals surface area contributed by atoms with Gasteiger partial charge in [0.1, 0.15) is 11.6 Å². The average molecular weight is 623 g/mol. The van der Waals surface area contributed by atoms with Gasteiger partial charge in [-0.2, -0.15) is 13.2 Å². The molecule has 1 fully saturated rings. The summed E-state index contributed by atoms with van der Waals surface area (Å²) >= 11 is 0. The van der Waals surface area contributed by atoms with E-state index in [2.05, 4.69) is 37.5 Å². The van der Waals surface area contributed by atoms with Crippen LogP contribution in [0.3, 0.4) is 0 Å². The van der Waals surface area contributed by atoms with Crippen molar-refractivity contribution in [3.63, 3.8) is 0 Å². The minimum absolute atomic E-state index is 0.0417. The molecule has 0 bridgehead atoms. The third kappa shape index (κ3) is 8.04. The van der Waals surface area contributed by atoms with Gasteiger partial charge in [0.15, 0.2) is 0 Å². The van der Waals surface area contributed by atoms with Crippen molar-refractivity contribution in [3.8, 4) is 0 Å². The molecule has 238 valence electrons. The largest absolute Gasteiger partial charge is 0.416 e. The molecule has 1 aromatic carbocycles. The number of carbonyl (C=O) groups excluding carboxylic acids is 2. The lowest BCUT2D eigenvalue weighted by molar-refractivity contribution is -0.131. The number of carbonyl (C=O) groups is 2. The molecule has 0 aliphatic carbocycles. The van der Waals surface area contributed by atoms with E-state index in [9.17, 15) is 22.8 Å². The minimum atomic E-state index is -4.62. The number of alkyl halides is 3. The molecule has 2 aromatic rings. The van der Waals surface area contributed by atoms with Crippen LogP contribution in [-0.4, -0.2) is 72.0 Å². The maximum Gasteiger partial charge on any atom is 0.416 e. The van der Waals surface area contributed by atoms with Crippen molar-refractivity contribution < 1.29 is 22.8 Å². The Morgan fingerprint density at radius 2 is 1.93 bits per heavy atom. The Hall–Kier alpha value is -4.78. The van der Waals surface area contributed by atoms with E-state index in [0.29, 0.717) is 35.9 Å². The molecular weight excluding hydrogens is 585 g/mol. The van der Waals surface area contributed by atoms with E-state index >= 15 is 0 Å². The molecule has 0 saturated carbocycles. The monoisotopic (exact) mass is 622 g/mol. The van der Waals surface area contributed by atoms with Crippen LogP contribution < -0.4 is 21.7 Å². The smallest absolute Gasteiger partial charge is 0.384 e. The second kappa shape index (κ2) is 14.3. The highest BCUT2D eigenvalue weighted by Gasteiger charge is 2.34. The second-order valence-corrected chi connectivity index (χ2v) is 10.8. The summed E-state index contributed by atoms with van der Waals surface area (Å²) in [5.74, 6) is -0.867. The number of aliphatic imine (C=N–C) groups is 1. The third-order valence-electron chi connectivity index (χ3n) is 7.75. The normalized spacial score (nSPS) is 20.7. The van der Waals surface area contributed by atoms with Crippen LogP contribution in [0.15, 0.2) is 65.1 Å². The van der Waals surface area contributed by atoms with Crippen LogP contribution in [-0.2, 0) is 4.79 Å². The van der Waals surface area contributed by atoms with Gasteiger partial charge in [0, 0.05) is 48.6 Å². The second-order valence-electron chi connectivity index (χ2n) is 10.8. The molecule has 0 spiro atoms. The lowest BCUT2D eigenvalue weighted by Gasteiger charge is -2.40. The highest BCUT2D eigenvalue weighted by atomic mass is 19.4. The zero-order valence-corrected chi connectivity index (χ0v) is 25.2. The third-order valence-corrected chi connectivity index (χ3v) is 7.75. The average Bonchev–Trinajstić information content (AvgIpc) is 2.97. The van der Waals surface area contributed by atoms with Crippen molar-refractivity contribution in [2.75, 3.05) is 30.7 Å². The Bertz CT molecular complexity index is 1550. The van der Waals surface area contributed by atoms with E-state index in [0.717, 1.165) is 37.6 Å². The number of nitrogens with two attached hydrogens (primary N) is 1. The zero-order chi connectivity index (χ0) is 32.7. The Kier molecular flexibility index (Phi) is 10.6. The molecule has 3 heterocycles. The lowest BCUT2D eigenvalue weighted by Crippen LogP contribution is -2.57. The van der Waals surface area contributed by atoms with Crippen molar-refractivity contribution in [1.82, 2.24) is 20.5 Å². The van der Waals surface area contributed by atoms with Crippen LogP contribution in [0.25, 0.3) is 6.08 Å². The van der Waals surface area contributed by atoms with Crippen molar-refractivity contribution in [2.24, 2.45) is 4.99 Å². The van der Waals surface area contributed by atoms with E-state index in [4.69, 9.17) is 11.1 Å².